The number of hydrogen-bond donors (Lipinski definition) is 0. The number of hydrogen-bond acceptors (Lipinski definition) is 10. The first-order chi connectivity index (χ1) is 24.5. The number of amides is 4. The van der Waals surface area contributed by atoms with Gasteiger partial charge in [-0.15, -0.1) is 0 Å². The van der Waals surface area contributed by atoms with Crippen LogP contribution in [0.5, 0.6) is 0 Å². The van der Waals surface area contributed by atoms with Gasteiger partial charge < -0.3 is 48.1 Å². The molecular weight excluding hydrogens is 732 g/mol. The fourth-order valence-corrected chi connectivity index (χ4v) is 4.78. The SMILES string of the molecule is C.C.C.C.CC(=O)CCC(=O)N(C)C.CCC.CCC(CC(C)=O)C(=O)N(C)C.CCC(CC1(C)OCCO1)C(=O)N(C)C.CN(C)C(=O)CCC1(C)OCCO1. The molecule has 4 amide bonds. The predicted octanol–water partition coefficient (Wildman–Crippen LogP) is 7.36. The molecular formula is C43H92N4O10. The lowest BCUT2D eigenvalue weighted by atomic mass is 9.96. The van der Waals surface area contributed by atoms with E-state index in [0.717, 1.165) is 12.8 Å². The molecule has 0 aliphatic carbocycles. The van der Waals surface area contributed by atoms with Crippen LogP contribution in [0.15, 0.2) is 0 Å². The first kappa shape index (κ1) is 68.7. The van der Waals surface area contributed by atoms with E-state index in [4.69, 9.17) is 18.9 Å². The summed E-state index contributed by atoms with van der Waals surface area (Å²) >= 11 is 0. The van der Waals surface area contributed by atoms with Crippen LogP contribution in [0.25, 0.3) is 0 Å². The van der Waals surface area contributed by atoms with E-state index < -0.39 is 11.6 Å². The van der Waals surface area contributed by atoms with Gasteiger partial charge in [0.25, 0.3) is 0 Å². The average molecular weight is 825 g/mol. The Hall–Kier alpha value is -2.94. The first-order valence-electron chi connectivity index (χ1n) is 18.8. The highest BCUT2D eigenvalue weighted by molar-refractivity contribution is 5.85. The van der Waals surface area contributed by atoms with Crippen LogP contribution in [-0.4, -0.2) is 149 Å². The normalized spacial score (nSPS) is 14.7. The van der Waals surface area contributed by atoms with Crippen molar-refractivity contribution in [3.8, 4) is 0 Å². The summed E-state index contributed by atoms with van der Waals surface area (Å²) in [5.74, 6) is -0.772. The van der Waals surface area contributed by atoms with Crippen LogP contribution in [0.2, 0.25) is 0 Å². The molecule has 2 heterocycles. The Morgan fingerprint density at radius 2 is 0.842 bits per heavy atom. The minimum atomic E-state index is -0.563. The molecule has 57 heavy (non-hydrogen) atoms. The summed E-state index contributed by atoms with van der Waals surface area (Å²) < 4.78 is 21.8. The molecule has 2 aliphatic rings. The Balaban J connectivity index is -0.000000113. The summed E-state index contributed by atoms with van der Waals surface area (Å²) in [6, 6.07) is 0. The highest BCUT2D eigenvalue weighted by Gasteiger charge is 2.36. The van der Waals surface area contributed by atoms with Crippen molar-refractivity contribution in [2.24, 2.45) is 11.8 Å². The van der Waals surface area contributed by atoms with Crippen molar-refractivity contribution in [3.05, 3.63) is 0 Å². The van der Waals surface area contributed by atoms with E-state index >= 15 is 0 Å². The van der Waals surface area contributed by atoms with Gasteiger partial charge in [0, 0.05) is 107 Å². The van der Waals surface area contributed by atoms with Crippen LogP contribution in [0, 0.1) is 11.8 Å². The molecule has 2 unspecified atom stereocenters. The van der Waals surface area contributed by atoms with Gasteiger partial charge in [0.1, 0.15) is 11.6 Å². The maximum Gasteiger partial charge on any atom is 0.225 e. The summed E-state index contributed by atoms with van der Waals surface area (Å²) in [5, 5.41) is 0. The lowest BCUT2D eigenvalue weighted by Crippen LogP contribution is -2.36. The summed E-state index contributed by atoms with van der Waals surface area (Å²) in [5.41, 5.74) is 0. The van der Waals surface area contributed by atoms with Crippen molar-refractivity contribution >= 4 is 35.2 Å². The molecule has 2 fully saturated rings. The molecule has 344 valence electrons. The lowest BCUT2D eigenvalue weighted by Gasteiger charge is -2.28. The Bertz CT molecular complexity index is 1070. The van der Waals surface area contributed by atoms with Gasteiger partial charge in [0.2, 0.25) is 23.6 Å². The molecule has 0 aromatic rings. The quantitative estimate of drug-likeness (QED) is 0.174. The van der Waals surface area contributed by atoms with E-state index in [9.17, 15) is 28.8 Å². The van der Waals surface area contributed by atoms with Crippen LogP contribution in [0.3, 0.4) is 0 Å². The predicted molar refractivity (Wildman–Crippen MR) is 235 cm³/mol. The van der Waals surface area contributed by atoms with Gasteiger partial charge in [-0.3, -0.25) is 19.2 Å². The lowest BCUT2D eigenvalue weighted by molar-refractivity contribution is -0.164. The average Bonchev–Trinajstić information content (AvgIpc) is 3.72. The zero-order valence-electron chi connectivity index (χ0n) is 36.2. The highest BCUT2D eigenvalue weighted by Crippen LogP contribution is 2.29. The van der Waals surface area contributed by atoms with Gasteiger partial charge in [-0.25, -0.2) is 0 Å². The molecule has 0 bridgehead atoms. The van der Waals surface area contributed by atoms with E-state index in [1.54, 1.807) is 66.2 Å². The zero-order chi connectivity index (χ0) is 41.9. The van der Waals surface area contributed by atoms with Crippen molar-refractivity contribution in [2.75, 3.05) is 82.8 Å². The van der Waals surface area contributed by atoms with E-state index in [2.05, 4.69) is 13.8 Å². The van der Waals surface area contributed by atoms with Crippen molar-refractivity contribution in [1.82, 2.24) is 19.6 Å². The number of nitrogens with zero attached hydrogens (tertiary/aromatic N) is 4. The third-order valence-corrected chi connectivity index (χ3v) is 7.99. The molecule has 14 nitrogen and oxygen atoms in total. The van der Waals surface area contributed by atoms with Crippen molar-refractivity contribution in [3.63, 3.8) is 0 Å². The molecule has 14 heteroatoms. The third-order valence-electron chi connectivity index (χ3n) is 7.99. The van der Waals surface area contributed by atoms with E-state index in [0.29, 0.717) is 65.0 Å². The Morgan fingerprint density at radius 3 is 1.14 bits per heavy atom. The number of Topliss-reactive ketones (excluding diaryl/α,β-unsaturated/α-hetero) is 2. The highest BCUT2D eigenvalue weighted by atomic mass is 16.7. The van der Waals surface area contributed by atoms with E-state index in [-0.39, 0.29) is 76.7 Å². The fraction of sp³-hybridized carbons (Fsp3) is 0.860. The van der Waals surface area contributed by atoms with Crippen LogP contribution in [0.1, 0.15) is 143 Å². The number of ketones is 2. The molecule has 0 aromatic heterocycles. The minimum absolute atomic E-state index is 0. The number of rotatable bonds is 14. The largest absolute Gasteiger partial charge is 0.349 e. The van der Waals surface area contributed by atoms with E-state index in [1.165, 1.54) is 30.1 Å². The molecule has 2 aliphatic heterocycles. The number of carbonyl (C=O) groups is 6. The van der Waals surface area contributed by atoms with Crippen LogP contribution < -0.4 is 0 Å². The van der Waals surface area contributed by atoms with Gasteiger partial charge in [-0.2, -0.15) is 0 Å². The van der Waals surface area contributed by atoms with Gasteiger partial charge in [0.15, 0.2) is 11.6 Å². The van der Waals surface area contributed by atoms with Gasteiger partial charge in [-0.1, -0.05) is 63.8 Å². The second-order valence-corrected chi connectivity index (χ2v) is 14.4. The second-order valence-electron chi connectivity index (χ2n) is 14.4. The molecule has 0 radical (unpaired) electrons. The Morgan fingerprint density at radius 1 is 0.509 bits per heavy atom. The molecule has 0 spiro atoms. The summed E-state index contributed by atoms with van der Waals surface area (Å²) in [7, 11) is 13.9. The zero-order valence-corrected chi connectivity index (χ0v) is 36.2. The second kappa shape index (κ2) is 37.3. The number of ether oxygens (including phenoxy) is 4. The Kier molecular flexibility index (Phi) is 45.0. The van der Waals surface area contributed by atoms with Gasteiger partial charge >= 0.3 is 0 Å². The van der Waals surface area contributed by atoms with Crippen molar-refractivity contribution in [2.45, 2.75) is 154 Å². The molecule has 0 saturated carbocycles. The molecule has 2 atom stereocenters. The van der Waals surface area contributed by atoms with Crippen molar-refractivity contribution in [1.29, 1.82) is 0 Å². The van der Waals surface area contributed by atoms with E-state index in [1.807, 2.05) is 27.7 Å². The smallest absolute Gasteiger partial charge is 0.225 e. The first-order valence-corrected chi connectivity index (χ1v) is 18.8. The summed E-state index contributed by atoms with van der Waals surface area (Å²) in [6.07, 6.45) is 5.61. The monoisotopic (exact) mass is 825 g/mol. The molecule has 2 rings (SSSR count). The topological polar surface area (TPSA) is 152 Å². The third kappa shape index (κ3) is 34.8. The summed E-state index contributed by atoms with van der Waals surface area (Å²) in [6.45, 7) is 17.5. The van der Waals surface area contributed by atoms with Crippen LogP contribution in [-0.2, 0) is 47.7 Å². The maximum atomic E-state index is 11.8. The van der Waals surface area contributed by atoms with Crippen LogP contribution in [0.4, 0.5) is 0 Å². The summed E-state index contributed by atoms with van der Waals surface area (Å²) in [4.78, 5) is 72.7. The van der Waals surface area contributed by atoms with Gasteiger partial charge in [-0.05, 0) is 40.5 Å². The standard InChI is InChI=1S/C11H21NO3.C9H17NO3.C9H17NO2.C7H13NO2.C3H8.4CH4/c1-5-9(10(13)12(3)4)8-11(2)14-6-7-15-11;1-9(12-6-7-13-9)5-4-8(11)10(2)3;1-5-8(6-7(2)11)9(12)10(3)4;1-6(9)4-5-7(10)8(2)3;1-3-2;;;;/h9H,5-8H2,1-4H3;4-7H2,1-3H3;8H,5-6H2,1-4H3;4-5H2,1-3H3;3H2,1-2H3;4*1H4. The van der Waals surface area contributed by atoms with Crippen LogP contribution >= 0.6 is 0 Å². The molecule has 0 aromatic carbocycles. The minimum Gasteiger partial charge on any atom is -0.349 e. The fourth-order valence-electron chi connectivity index (χ4n) is 4.78. The van der Waals surface area contributed by atoms with Crippen molar-refractivity contribution < 1.29 is 47.7 Å². The maximum absolute atomic E-state index is 11.8. The molecule has 2 saturated heterocycles. The molecule has 0 N–H and O–H groups in total. The number of carbonyl (C=O) groups excluding carboxylic acids is 6. The van der Waals surface area contributed by atoms with Gasteiger partial charge in [0.05, 0.1) is 26.4 Å². The Labute approximate surface area is 351 Å².